The quantitative estimate of drug-likeness (QED) is 0.546. The van der Waals surface area contributed by atoms with E-state index in [1.165, 1.54) is 0 Å². The second-order valence-electron chi connectivity index (χ2n) is 3.22. The van der Waals surface area contributed by atoms with E-state index in [2.05, 4.69) is 18.8 Å². The fraction of sp³-hybridized carbons (Fsp3) is 0.273. The fourth-order valence-electron chi connectivity index (χ4n) is 0.963. The maximum atomic E-state index is 5.56. The molecule has 2 heteroatoms. The highest BCUT2D eigenvalue weighted by molar-refractivity contribution is 5.51. The predicted octanol–water partition coefficient (Wildman–Crippen LogP) is 2.50. The average Bonchev–Trinajstić information content (AvgIpc) is 2.16. The SMILES string of the molecule is C=CC(C)CNc1ccc(N)cc1. The van der Waals surface area contributed by atoms with Crippen LogP contribution in [0.2, 0.25) is 0 Å². The second-order valence-corrected chi connectivity index (χ2v) is 3.22. The minimum Gasteiger partial charge on any atom is -0.399 e. The van der Waals surface area contributed by atoms with Crippen LogP contribution < -0.4 is 11.1 Å². The van der Waals surface area contributed by atoms with Crippen LogP contribution in [0.3, 0.4) is 0 Å². The Kier molecular flexibility index (Phi) is 3.38. The van der Waals surface area contributed by atoms with E-state index in [9.17, 15) is 0 Å². The highest BCUT2D eigenvalue weighted by atomic mass is 14.9. The Labute approximate surface area is 79.5 Å². The highest BCUT2D eigenvalue weighted by Crippen LogP contribution is 2.10. The summed E-state index contributed by atoms with van der Waals surface area (Å²) in [6, 6.07) is 7.73. The van der Waals surface area contributed by atoms with Gasteiger partial charge in [-0.25, -0.2) is 0 Å². The third-order valence-corrected chi connectivity index (χ3v) is 1.94. The molecule has 1 aromatic rings. The Morgan fingerprint density at radius 1 is 1.46 bits per heavy atom. The van der Waals surface area contributed by atoms with Crippen LogP contribution in [0, 0.1) is 5.92 Å². The first-order valence-electron chi connectivity index (χ1n) is 4.44. The van der Waals surface area contributed by atoms with E-state index in [1.807, 2.05) is 30.3 Å². The summed E-state index contributed by atoms with van der Waals surface area (Å²) in [6.07, 6.45) is 1.93. The molecule has 0 heterocycles. The number of nitrogens with one attached hydrogen (secondary N) is 1. The first kappa shape index (κ1) is 9.65. The van der Waals surface area contributed by atoms with Crippen LogP contribution >= 0.6 is 0 Å². The maximum absolute atomic E-state index is 5.56. The van der Waals surface area contributed by atoms with Crippen molar-refractivity contribution in [3.63, 3.8) is 0 Å². The lowest BCUT2D eigenvalue weighted by molar-refractivity contribution is 0.773. The normalized spacial score (nSPS) is 12.1. The summed E-state index contributed by atoms with van der Waals surface area (Å²) in [7, 11) is 0. The summed E-state index contributed by atoms with van der Waals surface area (Å²) in [5.74, 6) is 0.484. The number of hydrogen-bond acceptors (Lipinski definition) is 2. The van der Waals surface area contributed by atoms with E-state index in [0.717, 1.165) is 17.9 Å². The number of nitrogens with two attached hydrogens (primary N) is 1. The number of hydrogen-bond donors (Lipinski definition) is 2. The molecule has 0 aliphatic heterocycles. The van der Waals surface area contributed by atoms with Gasteiger partial charge in [-0.2, -0.15) is 0 Å². The lowest BCUT2D eigenvalue weighted by atomic mass is 10.2. The third kappa shape index (κ3) is 3.20. The van der Waals surface area contributed by atoms with Crippen LogP contribution in [0.15, 0.2) is 36.9 Å². The van der Waals surface area contributed by atoms with E-state index in [1.54, 1.807) is 0 Å². The number of benzene rings is 1. The molecular formula is C11H16N2. The number of nitrogen functional groups attached to an aromatic ring is 1. The summed E-state index contributed by atoms with van der Waals surface area (Å²) >= 11 is 0. The van der Waals surface area contributed by atoms with Crippen molar-refractivity contribution in [2.75, 3.05) is 17.6 Å². The molecule has 0 aliphatic carbocycles. The van der Waals surface area contributed by atoms with Crippen molar-refractivity contribution in [3.05, 3.63) is 36.9 Å². The molecule has 1 unspecified atom stereocenters. The molecule has 0 amide bonds. The molecular weight excluding hydrogens is 160 g/mol. The molecule has 0 saturated heterocycles. The Morgan fingerprint density at radius 2 is 2.08 bits per heavy atom. The number of rotatable bonds is 4. The van der Waals surface area contributed by atoms with Gasteiger partial charge in [0.1, 0.15) is 0 Å². The minimum atomic E-state index is 0.484. The highest BCUT2D eigenvalue weighted by Gasteiger charge is 1.95. The molecule has 0 aliphatic rings. The summed E-state index contributed by atoms with van der Waals surface area (Å²) in [5.41, 5.74) is 7.46. The molecule has 1 rings (SSSR count). The molecule has 0 bridgehead atoms. The van der Waals surface area contributed by atoms with Gasteiger partial charge in [-0.15, -0.1) is 6.58 Å². The van der Waals surface area contributed by atoms with Crippen LogP contribution in [0.1, 0.15) is 6.92 Å². The maximum Gasteiger partial charge on any atom is 0.0341 e. The van der Waals surface area contributed by atoms with Crippen molar-refractivity contribution in [1.82, 2.24) is 0 Å². The number of anilines is 2. The molecule has 1 aromatic carbocycles. The van der Waals surface area contributed by atoms with Gasteiger partial charge in [0.05, 0.1) is 0 Å². The van der Waals surface area contributed by atoms with Gasteiger partial charge in [-0.3, -0.25) is 0 Å². The van der Waals surface area contributed by atoms with Crippen LogP contribution in [-0.2, 0) is 0 Å². The Morgan fingerprint density at radius 3 is 2.62 bits per heavy atom. The smallest absolute Gasteiger partial charge is 0.0341 e. The van der Waals surface area contributed by atoms with E-state index in [-0.39, 0.29) is 0 Å². The molecule has 13 heavy (non-hydrogen) atoms. The molecule has 2 nitrogen and oxygen atoms in total. The zero-order chi connectivity index (χ0) is 9.68. The molecule has 70 valence electrons. The zero-order valence-corrected chi connectivity index (χ0v) is 7.96. The average molecular weight is 176 g/mol. The van der Waals surface area contributed by atoms with Gasteiger partial charge in [0.2, 0.25) is 0 Å². The lowest BCUT2D eigenvalue weighted by Crippen LogP contribution is -2.08. The van der Waals surface area contributed by atoms with Crippen molar-refractivity contribution < 1.29 is 0 Å². The van der Waals surface area contributed by atoms with E-state index in [0.29, 0.717) is 5.92 Å². The van der Waals surface area contributed by atoms with E-state index in [4.69, 9.17) is 5.73 Å². The molecule has 0 aromatic heterocycles. The lowest BCUT2D eigenvalue weighted by Gasteiger charge is -2.09. The molecule has 0 fully saturated rings. The standard InChI is InChI=1S/C11H16N2/c1-3-9(2)8-13-11-6-4-10(12)5-7-11/h3-7,9,13H,1,8,12H2,2H3. The first-order valence-corrected chi connectivity index (χ1v) is 4.44. The molecule has 3 N–H and O–H groups in total. The van der Waals surface area contributed by atoms with Gasteiger partial charge in [0.25, 0.3) is 0 Å². The second kappa shape index (κ2) is 4.55. The first-order chi connectivity index (χ1) is 6.22. The Hall–Kier alpha value is -1.44. The minimum absolute atomic E-state index is 0.484. The molecule has 0 spiro atoms. The van der Waals surface area contributed by atoms with Gasteiger partial charge < -0.3 is 11.1 Å². The van der Waals surface area contributed by atoms with Crippen molar-refractivity contribution in [2.45, 2.75) is 6.92 Å². The van der Waals surface area contributed by atoms with Gasteiger partial charge in [-0.05, 0) is 30.2 Å². The monoisotopic (exact) mass is 176 g/mol. The van der Waals surface area contributed by atoms with Crippen molar-refractivity contribution >= 4 is 11.4 Å². The summed E-state index contributed by atoms with van der Waals surface area (Å²) in [5, 5.41) is 3.30. The Bertz CT molecular complexity index is 264. The van der Waals surface area contributed by atoms with Crippen LogP contribution in [0.25, 0.3) is 0 Å². The molecule has 0 radical (unpaired) electrons. The van der Waals surface area contributed by atoms with Crippen LogP contribution in [0.4, 0.5) is 11.4 Å². The summed E-state index contributed by atoms with van der Waals surface area (Å²) in [6.45, 7) is 6.76. The largest absolute Gasteiger partial charge is 0.399 e. The fourth-order valence-corrected chi connectivity index (χ4v) is 0.963. The van der Waals surface area contributed by atoms with Crippen molar-refractivity contribution in [3.8, 4) is 0 Å². The molecule has 0 saturated carbocycles. The van der Waals surface area contributed by atoms with Crippen molar-refractivity contribution in [2.24, 2.45) is 5.92 Å². The van der Waals surface area contributed by atoms with E-state index < -0.39 is 0 Å². The van der Waals surface area contributed by atoms with Crippen LogP contribution in [-0.4, -0.2) is 6.54 Å². The van der Waals surface area contributed by atoms with Crippen LogP contribution in [0.5, 0.6) is 0 Å². The zero-order valence-electron chi connectivity index (χ0n) is 7.96. The third-order valence-electron chi connectivity index (χ3n) is 1.94. The van der Waals surface area contributed by atoms with Gasteiger partial charge >= 0.3 is 0 Å². The van der Waals surface area contributed by atoms with Gasteiger partial charge in [-0.1, -0.05) is 13.0 Å². The van der Waals surface area contributed by atoms with E-state index >= 15 is 0 Å². The summed E-state index contributed by atoms with van der Waals surface area (Å²) in [4.78, 5) is 0. The predicted molar refractivity (Wildman–Crippen MR) is 58.7 cm³/mol. The van der Waals surface area contributed by atoms with Crippen molar-refractivity contribution in [1.29, 1.82) is 0 Å². The van der Waals surface area contributed by atoms with Gasteiger partial charge in [0, 0.05) is 17.9 Å². The molecule has 1 atom stereocenters. The Balaban J connectivity index is 2.45. The van der Waals surface area contributed by atoms with Gasteiger partial charge in [0.15, 0.2) is 0 Å². The topological polar surface area (TPSA) is 38.0 Å². The summed E-state index contributed by atoms with van der Waals surface area (Å²) < 4.78 is 0.